The van der Waals surface area contributed by atoms with Gasteiger partial charge in [-0.05, 0) is 17.7 Å². The third kappa shape index (κ3) is 2.57. The van der Waals surface area contributed by atoms with E-state index in [0.717, 1.165) is 5.39 Å². The van der Waals surface area contributed by atoms with E-state index < -0.39 is 11.5 Å². The first-order valence-corrected chi connectivity index (χ1v) is 8.53. The van der Waals surface area contributed by atoms with Crippen LogP contribution in [0.1, 0.15) is 22.6 Å². The van der Waals surface area contributed by atoms with Crippen LogP contribution < -0.4 is 5.73 Å². The quantitative estimate of drug-likeness (QED) is 0.712. The number of likely N-dealkylation sites (tertiary alicyclic amines) is 1. The summed E-state index contributed by atoms with van der Waals surface area (Å²) in [4.78, 5) is 34.2. The highest BCUT2D eigenvalue weighted by atomic mass is 16.3. The van der Waals surface area contributed by atoms with Crippen molar-refractivity contribution < 1.29 is 14.7 Å². The van der Waals surface area contributed by atoms with Crippen molar-refractivity contribution in [3.8, 4) is 11.3 Å². The smallest absolute Gasteiger partial charge is 0.286 e. The molecule has 3 heterocycles. The standard InChI is InChI=1S/C19H19N5O3/c1-23-8-6-13-14(21-16(15(20)25)22-17(13)23)11-4-3-5-12(10-11)19(27)7-9-24(2)18(19)26/h3-6,8,10,27H,7,9H2,1-2H3,(H2,20,25)/t19-/m1/s1. The molecule has 1 atom stereocenters. The van der Waals surface area contributed by atoms with Crippen LogP contribution in [0, 0.1) is 0 Å². The fourth-order valence-corrected chi connectivity index (χ4v) is 3.51. The number of rotatable bonds is 3. The van der Waals surface area contributed by atoms with Crippen molar-refractivity contribution in [1.29, 1.82) is 0 Å². The number of hydrogen-bond acceptors (Lipinski definition) is 5. The normalized spacial score (nSPS) is 19.8. The van der Waals surface area contributed by atoms with Crippen LogP contribution in [0.25, 0.3) is 22.3 Å². The SMILES string of the molecule is CN1CC[C@@](O)(c2cccc(-c3nc(C(N)=O)nc4c3ccn4C)c2)C1=O. The summed E-state index contributed by atoms with van der Waals surface area (Å²) in [5.41, 5.74) is 6.11. The predicted octanol–water partition coefficient (Wildman–Crippen LogP) is 0.784. The third-order valence-corrected chi connectivity index (χ3v) is 5.07. The van der Waals surface area contributed by atoms with Gasteiger partial charge in [-0.15, -0.1) is 0 Å². The van der Waals surface area contributed by atoms with Crippen molar-refractivity contribution in [2.24, 2.45) is 12.8 Å². The second-order valence-corrected chi connectivity index (χ2v) is 6.84. The molecule has 2 amide bonds. The second-order valence-electron chi connectivity index (χ2n) is 6.84. The van der Waals surface area contributed by atoms with Gasteiger partial charge in [0.2, 0.25) is 5.82 Å². The Kier molecular flexibility index (Phi) is 3.74. The zero-order valence-electron chi connectivity index (χ0n) is 15.0. The van der Waals surface area contributed by atoms with E-state index >= 15 is 0 Å². The number of amides is 2. The Morgan fingerprint density at radius 1 is 1.26 bits per heavy atom. The number of nitrogens with zero attached hydrogens (tertiary/aromatic N) is 4. The molecule has 8 heteroatoms. The van der Waals surface area contributed by atoms with Gasteiger partial charge in [-0.3, -0.25) is 9.59 Å². The van der Waals surface area contributed by atoms with Crippen molar-refractivity contribution in [1.82, 2.24) is 19.4 Å². The summed E-state index contributed by atoms with van der Waals surface area (Å²) in [6.07, 6.45) is 2.14. The average Bonchev–Trinajstić information content (AvgIpc) is 3.17. The van der Waals surface area contributed by atoms with Crippen LogP contribution in [-0.4, -0.2) is 49.9 Å². The summed E-state index contributed by atoms with van der Waals surface area (Å²) in [7, 11) is 3.48. The number of aromatic nitrogens is 3. The molecule has 0 bridgehead atoms. The fourth-order valence-electron chi connectivity index (χ4n) is 3.51. The van der Waals surface area contributed by atoms with Crippen molar-refractivity contribution in [2.75, 3.05) is 13.6 Å². The molecule has 1 aromatic carbocycles. The van der Waals surface area contributed by atoms with Gasteiger partial charge in [0, 0.05) is 44.2 Å². The number of hydrogen-bond donors (Lipinski definition) is 2. The summed E-state index contributed by atoms with van der Waals surface area (Å²) >= 11 is 0. The first-order chi connectivity index (χ1) is 12.8. The van der Waals surface area contributed by atoms with E-state index in [1.54, 1.807) is 29.8 Å². The van der Waals surface area contributed by atoms with Gasteiger partial charge in [-0.2, -0.15) is 0 Å². The molecule has 1 aliphatic heterocycles. The minimum absolute atomic E-state index is 0.0832. The Labute approximate surface area is 155 Å². The number of primary amides is 1. The molecule has 3 N–H and O–H groups in total. The zero-order valence-corrected chi connectivity index (χ0v) is 15.0. The molecule has 0 saturated carbocycles. The summed E-state index contributed by atoms with van der Waals surface area (Å²) in [5.74, 6) is -1.13. The lowest BCUT2D eigenvalue weighted by atomic mass is 9.90. The van der Waals surface area contributed by atoms with Crippen LogP contribution in [0.15, 0.2) is 36.5 Å². The van der Waals surface area contributed by atoms with Crippen molar-refractivity contribution >= 4 is 22.8 Å². The van der Waals surface area contributed by atoms with Gasteiger partial charge in [0.05, 0.1) is 5.69 Å². The van der Waals surface area contributed by atoms with E-state index in [1.165, 1.54) is 4.90 Å². The lowest BCUT2D eigenvalue weighted by Gasteiger charge is -2.22. The lowest BCUT2D eigenvalue weighted by Crippen LogP contribution is -2.36. The molecular weight excluding hydrogens is 346 g/mol. The molecule has 1 saturated heterocycles. The summed E-state index contributed by atoms with van der Waals surface area (Å²) < 4.78 is 1.78. The highest BCUT2D eigenvalue weighted by Gasteiger charge is 2.45. The average molecular weight is 365 g/mol. The van der Waals surface area contributed by atoms with Crippen LogP contribution >= 0.6 is 0 Å². The molecule has 0 spiro atoms. The highest BCUT2D eigenvalue weighted by Crippen LogP contribution is 2.35. The van der Waals surface area contributed by atoms with Crippen LogP contribution in [0.2, 0.25) is 0 Å². The van der Waals surface area contributed by atoms with E-state index in [1.807, 2.05) is 25.4 Å². The molecule has 1 aliphatic rings. The molecule has 0 radical (unpaired) electrons. The molecule has 3 aromatic rings. The minimum Gasteiger partial charge on any atom is -0.375 e. The Balaban J connectivity index is 1.90. The molecule has 4 rings (SSSR count). The molecule has 138 valence electrons. The van der Waals surface area contributed by atoms with E-state index in [9.17, 15) is 14.7 Å². The van der Waals surface area contributed by atoms with Crippen LogP contribution in [0.4, 0.5) is 0 Å². The summed E-state index contributed by atoms with van der Waals surface area (Å²) in [5, 5.41) is 11.7. The number of benzene rings is 1. The van der Waals surface area contributed by atoms with Gasteiger partial charge >= 0.3 is 0 Å². The molecule has 27 heavy (non-hydrogen) atoms. The van der Waals surface area contributed by atoms with Crippen LogP contribution in [0.3, 0.4) is 0 Å². The number of fused-ring (bicyclic) bond motifs is 1. The topological polar surface area (TPSA) is 114 Å². The maximum atomic E-state index is 12.4. The number of aliphatic hydroxyl groups is 1. The van der Waals surface area contributed by atoms with E-state index in [2.05, 4.69) is 9.97 Å². The van der Waals surface area contributed by atoms with Gasteiger partial charge in [0.1, 0.15) is 5.65 Å². The first kappa shape index (κ1) is 17.2. The molecule has 0 unspecified atom stereocenters. The number of aryl methyl sites for hydroxylation is 1. The summed E-state index contributed by atoms with van der Waals surface area (Å²) in [6.45, 7) is 0.488. The van der Waals surface area contributed by atoms with Crippen molar-refractivity contribution in [2.45, 2.75) is 12.0 Å². The van der Waals surface area contributed by atoms with Crippen molar-refractivity contribution in [3.63, 3.8) is 0 Å². The molecule has 8 nitrogen and oxygen atoms in total. The van der Waals surface area contributed by atoms with Gasteiger partial charge in [-0.25, -0.2) is 9.97 Å². The highest BCUT2D eigenvalue weighted by molar-refractivity contribution is 5.97. The third-order valence-electron chi connectivity index (χ3n) is 5.07. The Bertz CT molecular complexity index is 1090. The molecular formula is C19H19N5O3. The number of likely N-dealkylation sites (N-methyl/N-ethyl adjacent to an activating group) is 1. The van der Waals surface area contributed by atoms with Crippen LogP contribution in [0.5, 0.6) is 0 Å². The maximum Gasteiger partial charge on any atom is 0.286 e. The monoisotopic (exact) mass is 365 g/mol. The Morgan fingerprint density at radius 2 is 2.04 bits per heavy atom. The number of carbonyl (C=O) groups is 2. The van der Waals surface area contributed by atoms with E-state index in [0.29, 0.717) is 35.4 Å². The van der Waals surface area contributed by atoms with Gasteiger partial charge in [0.15, 0.2) is 5.60 Å². The largest absolute Gasteiger partial charge is 0.375 e. The van der Waals surface area contributed by atoms with Crippen LogP contribution in [-0.2, 0) is 17.4 Å². The van der Waals surface area contributed by atoms with Gasteiger partial charge < -0.3 is 20.3 Å². The van der Waals surface area contributed by atoms with Crippen molar-refractivity contribution in [3.05, 3.63) is 47.9 Å². The summed E-state index contributed by atoms with van der Waals surface area (Å²) in [6, 6.07) is 8.88. The molecule has 1 fully saturated rings. The van der Waals surface area contributed by atoms with Gasteiger partial charge in [0.25, 0.3) is 11.8 Å². The Morgan fingerprint density at radius 3 is 2.70 bits per heavy atom. The first-order valence-electron chi connectivity index (χ1n) is 8.53. The zero-order chi connectivity index (χ0) is 19.3. The molecule has 2 aromatic heterocycles. The fraction of sp³-hybridized carbons (Fsp3) is 0.263. The predicted molar refractivity (Wildman–Crippen MR) is 98.6 cm³/mol. The number of carbonyl (C=O) groups excluding carboxylic acids is 2. The lowest BCUT2D eigenvalue weighted by molar-refractivity contribution is -0.143. The maximum absolute atomic E-state index is 12.4. The number of nitrogens with two attached hydrogens (primary N) is 1. The second kappa shape index (κ2) is 5.88. The van der Waals surface area contributed by atoms with E-state index in [-0.39, 0.29) is 11.7 Å². The van der Waals surface area contributed by atoms with E-state index in [4.69, 9.17) is 5.73 Å². The van der Waals surface area contributed by atoms with Gasteiger partial charge in [-0.1, -0.05) is 18.2 Å². The molecule has 0 aliphatic carbocycles. The Hall–Kier alpha value is -3.26. The minimum atomic E-state index is -1.56.